The number of aromatic nitrogens is 2. The van der Waals surface area contributed by atoms with Crippen LogP contribution in [0.4, 0.5) is 11.6 Å². The van der Waals surface area contributed by atoms with Gasteiger partial charge in [0.05, 0.1) is 5.60 Å². The first-order valence-electron chi connectivity index (χ1n) is 11.0. The summed E-state index contributed by atoms with van der Waals surface area (Å²) < 4.78 is 0. The first kappa shape index (κ1) is 22.0. The summed E-state index contributed by atoms with van der Waals surface area (Å²) in [6.07, 6.45) is 5.39. The Hall–Kier alpha value is -3.25. The summed E-state index contributed by atoms with van der Waals surface area (Å²) in [7, 11) is 0. The minimum Gasteiger partial charge on any atom is -0.388 e. The van der Waals surface area contributed by atoms with Gasteiger partial charge in [0.25, 0.3) is 0 Å². The third-order valence-corrected chi connectivity index (χ3v) is 6.26. The molecule has 3 atom stereocenters. The highest BCUT2D eigenvalue weighted by molar-refractivity contribution is 5.98. The molecule has 9 nitrogen and oxygen atoms in total. The molecule has 9 heteroatoms. The van der Waals surface area contributed by atoms with E-state index in [9.17, 15) is 20.0 Å². The van der Waals surface area contributed by atoms with Crippen LogP contribution in [-0.4, -0.2) is 51.6 Å². The van der Waals surface area contributed by atoms with Gasteiger partial charge in [-0.15, -0.1) is 0 Å². The molecule has 4 rings (SSSR count). The average molecular weight is 437 g/mol. The number of hydrogen-bond acceptors (Lipinski definition) is 7. The fraction of sp³-hybridized carbons (Fsp3) is 0.522. The number of fused-ring (bicyclic) bond motifs is 1. The second-order valence-electron chi connectivity index (χ2n) is 9.15. The second kappa shape index (κ2) is 8.71. The van der Waals surface area contributed by atoms with Crippen molar-refractivity contribution in [1.82, 2.24) is 15.3 Å². The zero-order valence-electron chi connectivity index (χ0n) is 18.4. The summed E-state index contributed by atoms with van der Waals surface area (Å²) in [5.74, 6) is 0.649. The Balaban J connectivity index is 1.58. The standard InChI is InChI=1S/C23H28N6O3/c1-14(30)26-17-5-3-4-15(8-17)22(31)28-20-10-19-16(12-25-20)9-18(11-24)27-21(19)29-7-6-23(2,32)13-29/h9-10,12,15,17,32H,3-8,13H2,1-2H3,(H,26,30)(H,25,28,31)/t15-,17+,23+/m0/s1. The Labute approximate surface area is 186 Å². The molecule has 3 N–H and O–H groups in total. The molecular weight excluding hydrogens is 408 g/mol. The quantitative estimate of drug-likeness (QED) is 0.669. The molecule has 2 amide bonds. The van der Waals surface area contributed by atoms with Gasteiger partial charge < -0.3 is 20.6 Å². The van der Waals surface area contributed by atoms with Crippen molar-refractivity contribution in [1.29, 1.82) is 5.26 Å². The molecule has 0 radical (unpaired) electrons. The van der Waals surface area contributed by atoms with Gasteiger partial charge >= 0.3 is 0 Å². The molecule has 1 saturated heterocycles. The Morgan fingerprint density at radius 1 is 1.34 bits per heavy atom. The van der Waals surface area contributed by atoms with Crippen molar-refractivity contribution in [3.63, 3.8) is 0 Å². The fourth-order valence-corrected chi connectivity index (χ4v) is 4.70. The lowest BCUT2D eigenvalue weighted by molar-refractivity contribution is -0.123. The summed E-state index contributed by atoms with van der Waals surface area (Å²) in [4.78, 5) is 35.1. The average Bonchev–Trinajstić information content (AvgIpc) is 3.12. The van der Waals surface area contributed by atoms with Gasteiger partial charge in [-0.25, -0.2) is 9.97 Å². The predicted octanol–water partition coefficient (Wildman–Crippen LogP) is 2.10. The van der Waals surface area contributed by atoms with Crippen molar-refractivity contribution in [3.8, 4) is 6.07 Å². The van der Waals surface area contributed by atoms with Gasteiger partial charge in [0.15, 0.2) is 0 Å². The largest absolute Gasteiger partial charge is 0.388 e. The molecule has 168 valence electrons. The van der Waals surface area contributed by atoms with Gasteiger partial charge in [-0.2, -0.15) is 5.26 Å². The fourth-order valence-electron chi connectivity index (χ4n) is 4.70. The number of nitrogens with zero attached hydrogens (tertiary/aromatic N) is 4. The number of anilines is 2. The lowest BCUT2D eigenvalue weighted by atomic mass is 9.85. The smallest absolute Gasteiger partial charge is 0.228 e. The highest BCUT2D eigenvalue weighted by atomic mass is 16.3. The number of nitriles is 1. The summed E-state index contributed by atoms with van der Waals surface area (Å²) in [5, 5.41) is 27.1. The third kappa shape index (κ3) is 4.81. The Morgan fingerprint density at radius 2 is 2.16 bits per heavy atom. The maximum atomic E-state index is 12.9. The first-order chi connectivity index (χ1) is 15.2. The molecule has 1 aliphatic carbocycles. The molecule has 2 aromatic heterocycles. The van der Waals surface area contributed by atoms with Gasteiger partial charge in [-0.1, -0.05) is 6.42 Å². The van der Waals surface area contributed by atoms with Crippen LogP contribution in [0.5, 0.6) is 0 Å². The van der Waals surface area contributed by atoms with Gasteiger partial charge in [0.1, 0.15) is 23.4 Å². The molecule has 0 unspecified atom stereocenters. The Bertz CT molecular complexity index is 1090. The monoisotopic (exact) mass is 436 g/mol. The molecule has 2 aromatic rings. The molecule has 3 heterocycles. The van der Waals surface area contributed by atoms with E-state index in [1.165, 1.54) is 6.92 Å². The van der Waals surface area contributed by atoms with E-state index in [-0.39, 0.29) is 29.5 Å². The highest BCUT2D eigenvalue weighted by Gasteiger charge is 2.33. The van der Waals surface area contributed by atoms with E-state index in [1.54, 1.807) is 25.3 Å². The van der Waals surface area contributed by atoms with E-state index < -0.39 is 5.60 Å². The number of carbonyl (C=O) groups is 2. The molecule has 1 aliphatic heterocycles. The Kier molecular flexibility index (Phi) is 5.98. The maximum Gasteiger partial charge on any atom is 0.228 e. The molecule has 1 saturated carbocycles. The molecule has 2 aliphatic rings. The lowest BCUT2D eigenvalue weighted by Gasteiger charge is -2.28. The highest BCUT2D eigenvalue weighted by Crippen LogP contribution is 2.32. The predicted molar refractivity (Wildman–Crippen MR) is 120 cm³/mol. The van der Waals surface area contributed by atoms with Crippen LogP contribution in [0.15, 0.2) is 18.3 Å². The van der Waals surface area contributed by atoms with Crippen LogP contribution in [0.1, 0.15) is 51.6 Å². The Morgan fingerprint density at radius 3 is 2.84 bits per heavy atom. The number of nitrogens with one attached hydrogen (secondary N) is 2. The molecule has 0 spiro atoms. The third-order valence-electron chi connectivity index (χ3n) is 6.26. The number of hydrogen-bond donors (Lipinski definition) is 3. The molecule has 2 fully saturated rings. The molecule has 0 bridgehead atoms. The topological polar surface area (TPSA) is 131 Å². The van der Waals surface area contributed by atoms with Crippen molar-refractivity contribution >= 4 is 34.2 Å². The zero-order chi connectivity index (χ0) is 22.9. The van der Waals surface area contributed by atoms with Crippen LogP contribution in [0, 0.1) is 17.2 Å². The SMILES string of the molecule is CC(=O)N[C@@H]1CCC[C@H](C(=O)Nc2cc3c(N4CC[C@@](C)(O)C4)nc(C#N)cc3cn2)C1. The minimum absolute atomic E-state index is 0.0183. The van der Waals surface area contributed by atoms with Crippen LogP contribution in [0.2, 0.25) is 0 Å². The summed E-state index contributed by atoms with van der Waals surface area (Å²) in [6.45, 7) is 4.32. The van der Waals surface area contributed by atoms with E-state index in [0.717, 1.165) is 30.0 Å². The molecular formula is C23H28N6O3. The van der Waals surface area contributed by atoms with Gasteiger partial charge in [-0.3, -0.25) is 9.59 Å². The van der Waals surface area contributed by atoms with E-state index >= 15 is 0 Å². The number of pyridine rings is 2. The summed E-state index contributed by atoms with van der Waals surface area (Å²) >= 11 is 0. The van der Waals surface area contributed by atoms with E-state index in [2.05, 4.69) is 26.7 Å². The number of amides is 2. The van der Waals surface area contributed by atoms with Crippen LogP contribution in [0.25, 0.3) is 10.8 Å². The van der Waals surface area contributed by atoms with Crippen LogP contribution in [0.3, 0.4) is 0 Å². The van der Waals surface area contributed by atoms with Crippen LogP contribution < -0.4 is 15.5 Å². The summed E-state index contributed by atoms with van der Waals surface area (Å²) in [6, 6.07) is 5.55. The van der Waals surface area contributed by atoms with Crippen molar-refractivity contribution in [2.45, 2.75) is 57.6 Å². The van der Waals surface area contributed by atoms with E-state index in [0.29, 0.717) is 37.6 Å². The van der Waals surface area contributed by atoms with Crippen molar-refractivity contribution < 1.29 is 14.7 Å². The zero-order valence-corrected chi connectivity index (χ0v) is 18.4. The minimum atomic E-state index is -0.813. The van der Waals surface area contributed by atoms with E-state index in [4.69, 9.17) is 0 Å². The van der Waals surface area contributed by atoms with Crippen LogP contribution >= 0.6 is 0 Å². The number of β-amino-alcohol motifs (C(OH)–C–C–N with tert-alkyl or cyclic N) is 1. The number of rotatable bonds is 4. The second-order valence-corrected chi connectivity index (χ2v) is 9.15. The van der Waals surface area contributed by atoms with Crippen molar-refractivity contribution in [3.05, 3.63) is 24.0 Å². The molecule has 0 aromatic carbocycles. The number of aliphatic hydroxyl groups is 1. The normalized spacial score (nSPS) is 25.4. The van der Waals surface area contributed by atoms with Gasteiger partial charge in [0, 0.05) is 48.9 Å². The lowest BCUT2D eigenvalue weighted by Crippen LogP contribution is -2.40. The van der Waals surface area contributed by atoms with Gasteiger partial charge in [-0.05, 0) is 44.7 Å². The van der Waals surface area contributed by atoms with Crippen LogP contribution in [-0.2, 0) is 9.59 Å². The van der Waals surface area contributed by atoms with E-state index in [1.807, 2.05) is 4.90 Å². The number of carbonyl (C=O) groups excluding carboxylic acids is 2. The molecule has 32 heavy (non-hydrogen) atoms. The maximum absolute atomic E-state index is 12.9. The summed E-state index contributed by atoms with van der Waals surface area (Å²) in [5.41, 5.74) is -0.532. The first-order valence-corrected chi connectivity index (χ1v) is 11.0. The van der Waals surface area contributed by atoms with Crippen molar-refractivity contribution in [2.24, 2.45) is 5.92 Å². The van der Waals surface area contributed by atoms with Gasteiger partial charge in [0.2, 0.25) is 11.8 Å². The van der Waals surface area contributed by atoms with Crippen molar-refractivity contribution in [2.75, 3.05) is 23.3 Å².